The molecule has 0 N–H and O–H groups in total. The minimum absolute atomic E-state index is 0.0266. The highest BCUT2D eigenvalue weighted by molar-refractivity contribution is 5.72. The molecule has 0 radical (unpaired) electrons. The molecule has 0 bridgehead atoms. The van der Waals surface area contributed by atoms with Crippen LogP contribution >= 0.6 is 0 Å². The van der Waals surface area contributed by atoms with E-state index in [1.54, 1.807) is 0 Å². The fourth-order valence-corrected chi connectivity index (χ4v) is 8.03. The third-order valence-corrected chi connectivity index (χ3v) is 11.9. The lowest BCUT2D eigenvalue weighted by atomic mass is 9.92. The molecule has 0 aromatic rings. The Hall–Kier alpha value is -1.63. The van der Waals surface area contributed by atoms with Crippen LogP contribution in [0, 0.1) is 17.8 Å². The molecule has 0 amide bonds. The summed E-state index contributed by atoms with van der Waals surface area (Å²) in [5.74, 6) is 1.26. The Morgan fingerprint density at radius 2 is 0.737 bits per heavy atom. The van der Waals surface area contributed by atoms with Gasteiger partial charge in [0.1, 0.15) is 0 Å². The zero-order chi connectivity index (χ0) is 42.0. The molecule has 0 aliphatic rings. The van der Waals surface area contributed by atoms with E-state index >= 15 is 0 Å². The van der Waals surface area contributed by atoms with Gasteiger partial charge in [-0.2, -0.15) is 0 Å². The summed E-state index contributed by atoms with van der Waals surface area (Å²) in [4.78, 5) is 39.9. The van der Waals surface area contributed by atoms with Crippen LogP contribution in [0.25, 0.3) is 0 Å². The Morgan fingerprint density at radius 1 is 0.386 bits per heavy atom. The molecule has 0 aliphatic heterocycles. The first-order valence-corrected chi connectivity index (χ1v) is 24.9. The number of ether oxygens (including phenoxy) is 3. The average molecular weight is 808 g/mol. The summed E-state index contributed by atoms with van der Waals surface area (Å²) in [5, 5.41) is 0. The average Bonchev–Trinajstić information content (AvgIpc) is 3.19. The van der Waals surface area contributed by atoms with Crippen molar-refractivity contribution in [3.63, 3.8) is 0 Å². The molecule has 7 nitrogen and oxygen atoms in total. The highest BCUT2D eigenvalue weighted by atomic mass is 16.5. The Kier molecular flexibility index (Phi) is 41.3. The summed E-state index contributed by atoms with van der Waals surface area (Å²) in [6.07, 6.45) is 37.6. The van der Waals surface area contributed by atoms with E-state index in [-0.39, 0.29) is 23.8 Å². The predicted molar refractivity (Wildman–Crippen MR) is 242 cm³/mol. The third kappa shape index (κ3) is 38.3. The van der Waals surface area contributed by atoms with Gasteiger partial charge < -0.3 is 19.1 Å². The molecule has 0 fully saturated rings. The van der Waals surface area contributed by atoms with Gasteiger partial charge in [-0.25, -0.2) is 0 Å². The van der Waals surface area contributed by atoms with Crippen molar-refractivity contribution in [2.75, 3.05) is 40.5 Å². The van der Waals surface area contributed by atoms with Crippen LogP contribution in [-0.2, 0) is 28.6 Å². The van der Waals surface area contributed by atoms with Gasteiger partial charge >= 0.3 is 17.9 Å². The molecule has 0 aromatic heterocycles. The van der Waals surface area contributed by atoms with Gasteiger partial charge in [0.15, 0.2) is 0 Å². The van der Waals surface area contributed by atoms with E-state index in [1.165, 1.54) is 103 Å². The second kappa shape index (κ2) is 42.5. The van der Waals surface area contributed by atoms with E-state index in [9.17, 15) is 14.4 Å². The van der Waals surface area contributed by atoms with E-state index in [2.05, 4.69) is 32.6 Å². The minimum atomic E-state index is -0.0414. The number of hydrogen-bond acceptors (Lipinski definition) is 7. The van der Waals surface area contributed by atoms with Crippen LogP contribution in [0.15, 0.2) is 0 Å². The molecule has 57 heavy (non-hydrogen) atoms. The van der Waals surface area contributed by atoms with Crippen molar-refractivity contribution < 1.29 is 28.6 Å². The molecule has 1 atom stereocenters. The van der Waals surface area contributed by atoms with Crippen LogP contribution in [0.4, 0.5) is 0 Å². The number of carbonyl (C=O) groups is 3. The Balaban J connectivity index is 4.32. The second-order valence-corrected chi connectivity index (χ2v) is 17.7. The molecule has 0 aromatic carbocycles. The molecule has 7 heteroatoms. The number of hydrogen-bond donors (Lipinski definition) is 0. The smallest absolute Gasteiger partial charge is 0.308 e. The maximum atomic E-state index is 13.1. The molecule has 0 saturated heterocycles. The maximum absolute atomic E-state index is 13.1. The largest absolute Gasteiger partial charge is 0.466 e. The van der Waals surface area contributed by atoms with Crippen molar-refractivity contribution in [1.29, 1.82) is 0 Å². The lowest BCUT2D eigenvalue weighted by Crippen LogP contribution is -2.21. The summed E-state index contributed by atoms with van der Waals surface area (Å²) in [6, 6.07) is 0. The molecule has 1 unspecified atom stereocenters. The van der Waals surface area contributed by atoms with Crippen LogP contribution in [0.1, 0.15) is 246 Å². The lowest BCUT2D eigenvalue weighted by Gasteiger charge is -2.17. The first-order valence-electron chi connectivity index (χ1n) is 24.9. The molecule has 0 rings (SSSR count). The predicted octanol–water partition coefficient (Wildman–Crippen LogP) is 14.4. The highest BCUT2D eigenvalue weighted by Gasteiger charge is 2.19. The van der Waals surface area contributed by atoms with Crippen LogP contribution in [0.5, 0.6) is 0 Å². The van der Waals surface area contributed by atoms with E-state index in [0.717, 1.165) is 109 Å². The van der Waals surface area contributed by atoms with E-state index in [1.807, 2.05) is 14.1 Å². The van der Waals surface area contributed by atoms with Crippen molar-refractivity contribution in [3.05, 3.63) is 0 Å². The summed E-state index contributed by atoms with van der Waals surface area (Å²) in [7, 11) is 4.09. The Labute approximate surface area is 354 Å². The van der Waals surface area contributed by atoms with Crippen molar-refractivity contribution in [2.24, 2.45) is 17.8 Å². The Morgan fingerprint density at radius 3 is 1.11 bits per heavy atom. The summed E-state index contributed by atoms with van der Waals surface area (Å²) in [5.41, 5.74) is 0. The normalized spacial score (nSPS) is 12.2. The fraction of sp³-hybridized carbons (Fsp3) is 0.940. The molecule has 0 saturated carbocycles. The van der Waals surface area contributed by atoms with Crippen LogP contribution < -0.4 is 0 Å². The molecule has 0 aliphatic carbocycles. The molecular formula is C50H97NO6. The van der Waals surface area contributed by atoms with Crippen LogP contribution in [0.3, 0.4) is 0 Å². The monoisotopic (exact) mass is 808 g/mol. The molecule has 0 heterocycles. The minimum Gasteiger partial charge on any atom is -0.466 e. The zero-order valence-corrected chi connectivity index (χ0v) is 39.0. The topological polar surface area (TPSA) is 82.1 Å². The van der Waals surface area contributed by atoms with Crippen molar-refractivity contribution in [2.45, 2.75) is 246 Å². The first-order chi connectivity index (χ1) is 27.8. The lowest BCUT2D eigenvalue weighted by molar-refractivity contribution is -0.149. The van der Waals surface area contributed by atoms with Crippen LogP contribution in [-0.4, -0.2) is 63.3 Å². The van der Waals surface area contributed by atoms with Gasteiger partial charge in [-0.15, -0.1) is 0 Å². The number of nitrogens with zero attached hydrogens (tertiary/aromatic N) is 1. The van der Waals surface area contributed by atoms with Crippen molar-refractivity contribution >= 4 is 17.9 Å². The SMILES string of the molecule is CCCCCC(CCCCC)CCOC(=O)CCCCCCCCC(CCCCCCCC(=O)OCCC(CCCCC)CCCCC)C(=O)OCCCN(C)C. The number of rotatable bonds is 44. The van der Waals surface area contributed by atoms with Gasteiger partial charge in [0.25, 0.3) is 0 Å². The Bertz CT molecular complexity index is 874. The number of unbranched alkanes of at least 4 members (excludes halogenated alkanes) is 17. The first kappa shape index (κ1) is 55.4. The standard InChI is InChI=1S/C50H97NO6/c1-7-11-22-31-45(32-23-12-8-2)39-43-55-48(52)37-28-20-16-15-18-26-35-47(50(54)57-42-30-41-51(5)6)36-27-19-17-21-29-38-49(53)56-44-40-46(33-24-13-9-3)34-25-14-10-4/h45-47H,7-44H2,1-6H3. The molecular weight excluding hydrogens is 711 g/mol. The number of esters is 3. The van der Waals surface area contributed by atoms with Crippen LogP contribution in [0.2, 0.25) is 0 Å². The van der Waals surface area contributed by atoms with E-state index in [4.69, 9.17) is 14.2 Å². The van der Waals surface area contributed by atoms with Gasteiger partial charge in [-0.05, 0) is 70.9 Å². The zero-order valence-electron chi connectivity index (χ0n) is 39.0. The summed E-state index contributed by atoms with van der Waals surface area (Å²) >= 11 is 0. The van der Waals surface area contributed by atoms with Gasteiger partial charge in [-0.3, -0.25) is 14.4 Å². The van der Waals surface area contributed by atoms with Crippen molar-refractivity contribution in [1.82, 2.24) is 4.90 Å². The van der Waals surface area contributed by atoms with Gasteiger partial charge in [0.05, 0.1) is 25.7 Å². The molecule has 338 valence electrons. The summed E-state index contributed by atoms with van der Waals surface area (Å²) in [6.45, 7) is 11.6. The van der Waals surface area contributed by atoms with Gasteiger partial charge in [0.2, 0.25) is 0 Å². The quantitative estimate of drug-likeness (QED) is 0.0344. The van der Waals surface area contributed by atoms with Crippen molar-refractivity contribution in [3.8, 4) is 0 Å². The van der Waals surface area contributed by atoms with E-state index < -0.39 is 0 Å². The number of carbonyl (C=O) groups excluding carboxylic acids is 3. The maximum Gasteiger partial charge on any atom is 0.308 e. The highest BCUT2D eigenvalue weighted by Crippen LogP contribution is 2.24. The second-order valence-electron chi connectivity index (χ2n) is 17.7. The summed E-state index contributed by atoms with van der Waals surface area (Å²) < 4.78 is 17.0. The fourth-order valence-electron chi connectivity index (χ4n) is 8.03. The van der Waals surface area contributed by atoms with Gasteiger partial charge in [-0.1, -0.05) is 188 Å². The third-order valence-electron chi connectivity index (χ3n) is 11.9. The van der Waals surface area contributed by atoms with Gasteiger partial charge in [0, 0.05) is 19.4 Å². The van der Waals surface area contributed by atoms with E-state index in [0.29, 0.717) is 44.5 Å². The molecule has 0 spiro atoms.